The summed E-state index contributed by atoms with van der Waals surface area (Å²) in [6.45, 7) is 5.15. The number of nitrogens with zero attached hydrogens (tertiary/aromatic N) is 1. The lowest BCUT2D eigenvalue weighted by atomic mass is 9.71. The zero-order valence-corrected chi connectivity index (χ0v) is 18.0. The summed E-state index contributed by atoms with van der Waals surface area (Å²) in [7, 11) is 0. The maximum absolute atomic E-state index is 13.4. The number of ether oxygens (including phenoxy) is 1. The fourth-order valence-corrected chi connectivity index (χ4v) is 4.55. The summed E-state index contributed by atoms with van der Waals surface area (Å²) in [5.41, 5.74) is 0.898. The molecule has 0 saturated carbocycles. The van der Waals surface area contributed by atoms with E-state index < -0.39 is 11.3 Å². The number of rotatable bonds is 9. The molecule has 1 heterocycles. The minimum Gasteiger partial charge on any atom is -0.465 e. The number of likely N-dealkylation sites (tertiary alicyclic amines) is 1. The average molecular weight is 413 g/mol. The maximum Gasteiger partial charge on any atom is 0.318 e. The fourth-order valence-electron chi connectivity index (χ4n) is 4.55. The molecule has 6 heteroatoms. The molecule has 162 valence electrons. The highest BCUT2D eigenvalue weighted by atomic mass is 16.5. The lowest BCUT2D eigenvalue weighted by Gasteiger charge is -2.44. The van der Waals surface area contributed by atoms with Gasteiger partial charge in [-0.2, -0.15) is 0 Å². The smallest absolute Gasteiger partial charge is 0.318 e. The molecule has 1 saturated heterocycles. The van der Waals surface area contributed by atoms with Gasteiger partial charge < -0.3 is 15.0 Å². The van der Waals surface area contributed by atoms with Crippen molar-refractivity contribution in [3.8, 4) is 0 Å². The zero-order valence-electron chi connectivity index (χ0n) is 18.0. The Morgan fingerprint density at radius 2 is 2.00 bits per heavy atom. The second-order valence-corrected chi connectivity index (χ2v) is 8.15. The largest absolute Gasteiger partial charge is 0.465 e. The number of piperidine rings is 1. The van der Waals surface area contributed by atoms with Crippen LogP contribution in [0.25, 0.3) is 0 Å². The molecule has 0 radical (unpaired) electrons. The third-order valence-electron chi connectivity index (χ3n) is 6.03. The van der Waals surface area contributed by atoms with Crippen LogP contribution in [0.3, 0.4) is 0 Å². The molecular weight excluding hydrogens is 380 g/mol. The van der Waals surface area contributed by atoms with E-state index in [-0.39, 0.29) is 24.2 Å². The summed E-state index contributed by atoms with van der Waals surface area (Å²) in [4.78, 5) is 40.7. The van der Waals surface area contributed by atoms with Crippen LogP contribution >= 0.6 is 0 Å². The third-order valence-corrected chi connectivity index (χ3v) is 6.03. The molecule has 2 atom stereocenters. The number of hydrogen-bond donors (Lipinski definition) is 1. The number of nitrogens with one attached hydrogen (secondary N) is 1. The van der Waals surface area contributed by atoms with Gasteiger partial charge in [0, 0.05) is 24.6 Å². The maximum atomic E-state index is 13.4. The molecular formula is C24H32N2O4. The number of esters is 1. The normalized spacial score (nSPS) is 23.0. The summed E-state index contributed by atoms with van der Waals surface area (Å²) in [6.07, 6.45) is 5.67. The Kier molecular flexibility index (Phi) is 7.29. The predicted molar refractivity (Wildman–Crippen MR) is 114 cm³/mol. The molecule has 2 aliphatic rings. The molecule has 0 unspecified atom stereocenters. The Labute approximate surface area is 178 Å². The molecule has 0 aromatic heterocycles. The first-order valence-corrected chi connectivity index (χ1v) is 11.0. The quantitative estimate of drug-likeness (QED) is 0.497. The Hall–Kier alpha value is -2.63. The predicted octanol–water partition coefficient (Wildman–Crippen LogP) is 3.57. The second-order valence-electron chi connectivity index (χ2n) is 8.15. The van der Waals surface area contributed by atoms with Crippen LogP contribution in [0.4, 0.5) is 0 Å². The van der Waals surface area contributed by atoms with E-state index in [0.717, 1.165) is 30.5 Å². The highest BCUT2D eigenvalue weighted by Gasteiger charge is 2.55. The van der Waals surface area contributed by atoms with Crippen molar-refractivity contribution in [3.63, 3.8) is 0 Å². The molecule has 6 nitrogen and oxygen atoms in total. The Bertz CT molecular complexity index is 805. The van der Waals surface area contributed by atoms with Crippen molar-refractivity contribution >= 4 is 17.8 Å². The average Bonchev–Trinajstić information content (AvgIpc) is 3.17. The van der Waals surface area contributed by atoms with Gasteiger partial charge in [0.15, 0.2) is 0 Å². The van der Waals surface area contributed by atoms with Crippen LogP contribution in [0, 0.1) is 11.3 Å². The molecule has 0 bridgehead atoms. The number of unbranched alkanes of at least 4 members (excludes halogenated alkanes) is 1. The van der Waals surface area contributed by atoms with Gasteiger partial charge in [-0.05, 0) is 38.2 Å². The van der Waals surface area contributed by atoms with Gasteiger partial charge in [0.25, 0.3) is 0 Å². The summed E-state index contributed by atoms with van der Waals surface area (Å²) in [5.74, 6) is -1.03. The van der Waals surface area contributed by atoms with E-state index in [1.807, 2.05) is 36.4 Å². The summed E-state index contributed by atoms with van der Waals surface area (Å²) < 4.78 is 5.43. The topological polar surface area (TPSA) is 75.7 Å². The van der Waals surface area contributed by atoms with Crippen molar-refractivity contribution in [2.24, 2.45) is 11.3 Å². The van der Waals surface area contributed by atoms with Gasteiger partial charge in [0.1, 0.15) is 5.41 Å². The van der Waals surface area contributed by atoms with Crippen LogP contribution in [-0.2, 0) is 25.7 Å². The molecule has 1 aliphatic carbocycles. The third kappa shape index (κ3) is 4.58. The summed E-state index contributed by atoms with van der Waals surface area (Å²) >= 11 is 0. The van der Waals surface area contributed by atoms with Crippen molar-refractivity contribution < 1.29 is 19.1 Å². The molecule has 3 rings (SSSR count). The molecule has 1 N–H and O–H groups in total. The summed E-state index contributed by atoms with van der Waals surface area (Å²) in [6, 6.07) is 9.74. The van der Waals surface area contributed by atoms with Crippen LogP contribution in [0.5, 0.6) is 0 Å². The van der Waals surface area contributed by atoms with E-state index >= 15 is 0 Å². The van der Waals surface area contributed by atoms with Gasteiger partial charge >= 0.3 is 5.97 Å². The highest BCUT2D eigenvalue weighted by Crippen LogP contribution is 2.51. The molecule has 1 fully saturated rings. The highest BCUT2D eigenvalue weighted by molar-refractivity contribution is 5.92. The lowest BCUT2D eigenvalue weighted by molar-refractivity contribution is -0.161. The Morgan fingerprint density at radius 1 is 1.23 bits per heavy atom. The molecule has 1 aromatic rings. The standard InChI is InChI=1S/C24H32N2O4/c1-3-5-14-25-21(27)15-19-16-24(23(29)30-4-2)13-9-12-20(24)26(22(19)28)17-18-10-7-6-8-11-18/h6-8,10-12,19H,3-5,9,13-17H2,1-2H3,(H,25,27)/t19-,24+/m1/s1. The first-order chi connectivity index (χ1) is 14.5. The van der Waals surface area contributed by atoms with Crippen molar-refractivity contribution in [2.45, 2.75) is 58.9 Å². The number of fused-ring (bicyclic) bond motifs is 1. The van der Waals surface area contributed by atoms with Gasteiger partial charge in [0.2, 0.25) is 11.8 Å². The minimum atomic E-state index is -0.840. The van der Waals surface area contributed by atoms with E-state index in [4.69, 9.17) is 4.74 Å². The Morgan fingerprint density at radius 3 is 2.70 bits per heavy atom. The molecule has 2 amide bonds. The van der Waals surface area contributed by atoms with E-state index in [2.05, 4.69) is 12.2 Å². The van der Waals surface area contributed by atoms with E-state index in [9.17, 15) is 14.4 Å². The number of amides is 2. The summed E-state index contributed by atoms with van der Waals surface area (Å²) in [5, 5.41) is 2.90. The number of benzene rings is 1. The van der Waals surface area contributed by atoms with Crippen molar-refractivity contribution in [3.05, 3.63) is 47.7 Å². The minimum absolute atomic E-state index is 0.0856. The molecule has 0 spiro atoms. The van der Waals surface area contributed by atoms with Crippen LogP contribution in [-0.4, -0.2) is 35.8 Å². The Balaban J connectivity index is 1.87. The number of allylic oxidation sites excluding steroid dienone is 1. The van der Waals surface area contributed by atoms with Crippen molar-refractivity contribution in [2.75, 3.05) is 13.2 Å². The SMILES string of the molecule is CCCCNC(=O)C[C@@H]1C[C@@]2(C(=O)OCC)CCC=C2N(Cc2ccccc2)C1=O. The van der Waals surface area contributed by atoms with E-state index in [0.29, 0.717) is 32.5 Å². The van der Waals surface area contributed by atoms with Gasteiger partial charge in [0.05, 0.1) is 13.2 Å². The van der Waals surface area contributed by atoms with Crippen LogP contribution in [0.1, 0.15) is 57.9 Å². The second kappa shape index (κ2) is 9.92. The first-order valence-electron chi connectivity index (χ1n) is 11.0. The van der Waals surface area contributed by atoms with E-state index in [1.165, 1.54) is 0 Å². The molecule has 1 aliphatic heterocycles. The fraction of sp³-hybridized carbons (Fsp3) is 0.542. The van der Waals surface area contributed by atoms with Crippen LogP contribution in [0.15, 0.2) is 42.1 Å². The van der Waals surface area contributed by atoms with Crippen LogP contribution in [0.2, 0.25) is 0 Å². The van der Waals surface area contributed by atoms with Gasteiger partial charge in [-0.3, -0.25) is 14.4 Å². The monoisotopic (exact) mass is 412 g/mol. The van der Waals surface area contributed by atoms with Crippen molar-refractivity contribution in [1.29, 1.82) is 0 Å². The lowest BCUT2D eigenvalue weighted by Crippen LogP contribution is -2.52. The van der Waals surface area contributed by atoms with E-state index in [1.54, 1.807) is 11.8 Å². The van der Waals surface area contributed by atoms with Crippen LogP contribution < -0.4 is 5.32 Å². The zero-order chi connectivity index (χ0) is 21.6. The van der Waals surface area contributed by atoms with Gasteiger partial charge in [-0.15, -0.1) is 0 Å². The number of carbonyl (C=O) groups excluding carboxylic acids is 3. The van der Waals surface area contributed by atoms with Gasteiger partial charge in [-0.1, -0.05) is 49.8 Å². The molecule has 1 aromatic carbocycles. The number of carbonyl (C=O) groups is 3. The van der Waals surface area contributed by atoms with Crippen molar-refractivity contribution in [1.82, 2.24) is 10.2 Å². The molecule has 30 heavy (non-hydrogen) atoms. The van der Waals surface area contributed by atoms with Gasteiger partial charge in [-0.25, -0.2) is 0 Å². The first kappa shape index (κ1) is 22.1. The number of hydrogen-bond acceptors (Lipinski definition) is 4.